The monoisotopic (exact) mass is 312 g/mol. The van der Waals surface area contributed by atoms with E-state index in [4.69, 9.17) is 16.7 Å². The molecule has 0 atom stereocenters. The Hall–Kier alpha value is -1.75. The average molecular weight is 313 g/mol. The molecule has 0 aliphatic heterocycles. The van der Waals surface area contributed by atoms with Crippen LogP contribution in [0.5, 0.6) is 0 Å². The Bertz CT molecular complexity index is 504. The summed E-state index contributed by atoms with van der Waals surface area (Å²) in [6.45, 7) is 4.89. The summed E-state index contributed by atoms with van der Waals surface area (Å²) >= 11 is 5.75. The normalized spacial score (nSPS) is 10.5. The molecule has 0 unspecified atom stereocenters. The number of nitrogens with one attached hydrogen (secondary N) is 2. The van der Waals surface area contributed by atoms with Crippen LogP contribution >= 0.6 is 11.6 Å². The molecule has 1 aromatic rings. The third kappa shape index (κ3) is 6.49. The van der Waals surface area contributed by atoms with Gasteiger partial charge in [0, 0.05) is 11.6 Å². The van der Waals surface area contributed by atoms with Gasteiger partial charge in [-0.15, -0.1) is 0 Å². The van der Waals surface area contributed by atoms with E-state index in [1.807, 2.05) is 0 Å². The SMILES string of the molecule is CC(C)CCCCNC(=O)Nc1ccc(Cl)cc1C(=O)O. The number of aromatic carboxylic acids is 1. The molecule has 1 aromatic carbocycles. The summed E-state index contributed by atoms with van der Waals surface area (Å²) in [4.78, 5) is 22.8. The van der Waals surface area contributed by atoms with Crippen molar-refractivity contribution in [2.24, 2.45) is 5.92 Å². The number of hydrogen-bond acceptors (Lipinski definition) is 2. The molecule has 21 heavy (non-hydrogen) atoms. The van der Waals surface area contributed by atoms with E-state index in [-0.39, 0.29) is 11.3 Å². The van der Waals surface area contributed by atoms with E-state index >= 15 is 0 Å². The van der Waals surface area contributed by atoms with Gasteiger partial charge in [0.1, 0.15) is 0 Å². The molecule has 0 spiro atoms. The minimum atomic E-state index is -1.13. The largest absolute Gasteiger partial charge is 0.478 e. The number of amides is 2. The number of urea groups is 1. The van der Waals surface area contributed by atoms with Crippen LogP contribution in [0.1, 0.15) is 43.5 Å². The molecule has 0 radical (unpaired) electrons. The molecule has 1 rings (SSSR count). The third-order valence-corrected chi connectivity index (χ3v) is 3.19. The van der Waals surface area contributed by atoms with Crippen molar-refractivity contribution in [2.45, 2.75) is 33.1 Å². The van der Waals surface area contributed by atoms with Crippen LogP contribution in [0.2, 0.25) is 5.02 Å². The summed E-state index contributed by atoms with van der Waals surface area (Å²) in [7, 11) is 0. The standard InChI is InChI=1S/C15H21ClN2O3/c1-10(2)5-3-4-8-17-15(21)18-13-7-6-11(16)9-12(13)14(19)20/h6-7,9-10H,3-5,8H2,1-2H3,(H,19,20)(H2,17,18,21). The summed E-state index contributed by atoms with van der Waals surface area (Å²) in [5.74, 6) is -0.476. The first kappa shape index (κ1) is 17.3. The molecule has 0 bridgehead atoms. The van der Waals surface area contributed by atoms with Gasteiger partial charge in [0.05, 0.1) is 11.3 Å². The summed E-state index contributed by atoms with van der Waals surface area (Å²) in [5.41, 5.74) is 0.198. The number of carboxylic acids is 1. The highest BCUT2D eigenvalue weighted by atomic mass is 35.5. The van der Waals surface area contributed by atoms with E-state index in [0.717, 1.165) is 19.3 Å². The van der Waals surface area contributed by atoms with Crippen molar-refractivity contribution in [3.8, 4) is 0 Å². The van der Waals surface area contributed by atoms with Crippen LogP contribution < -0.4 is 10.6 Å². The van der Waals surface area contributed by atoms with E-state index in [2.05, 4.69) is 24.5 Å². The Balaban J connectivity index is 2.46. The van der Waals surface area contributed by atoms with Crippen LogP contribution in [0.3, 0.4) is 0 Å². The molecule has 0 aromatic heterocycles. The van der Waals surface area contributed by atoms with Gasteiger partial charge in [0.25, 0.3) is 0 Å². The maximum absolute atomic E-state index is 11.7. The first-order chi connectivity index (χ1) is 9.90. The molecular weight excluding hydrogens is 292 g/mol. The summed E-state index contributed by atoms with van der Waals surface area (Å²) < 4.78 is 0. The predicted octanol–water partition coefficient (Wildman–Crippen LogP) is 3.99. The number of anilines is 1. The van der Waals surface area contributed by atoms with Gasteiger partial charge in [-0.05, 0) is 30.5 Å². The molecule has 0 saturated carbocycles. The Kier molecular flexibility index (Phi) is 7.02. The van der Waals surface area contributed by atoms with Crippen molar-refractivity contribution in [3.63, 3.8) is 0 Å². The molecular formula is C15H21ClN2O3. The molecule has 0 fully saturated rings. The van der Waals surface area contributed by atoms with Crippen molar-refractivity contribution in [3.05, 3.63) is 28.8 Å². The molecule has 0 heterocycles. The van der Waals surface area contributed by atoms with Gasteiger partial charge in [0.2, 0.25) is 0 Å². The maximum atomic E-state index is 11.7. The number of halogens is 1. The van der Waals surface area contributed by atoms with Crippen molar-refractivity contribution in [1.82, 2.24) is 5.32 Å². The molecule has 0 aliphatic rings. The van der Waals surface area contributed by atoms with E-state index in [9.17, 15) is 9.59 Å². The van der Waals surface area contributed by atoms with Gasteiger partial charge in [-0.3, -0.25) is 0 Å². The third-order valence-electron chi connectivity index (χ3n) is 2.95. The second kappa shape index (κ2) is 8.52. The summed E-state index contributed by atoms with van der Waals surface area (Å²) in [5, 5.41) is 14.6. The second-order valence-electron chi connectivity index (χ2n) is 5.27. The quantitative estimate of drug-likeness (QED) is 0.666. The molecule has 0 saturated heterocycles. The number of unbranched alkanes of at least 4 members (excludes halogenated alkanes) is 1. The Labute approximate surface area is 129 Å². The second-order valence-corrected chi connectivity index (χ2v) is 5.70. The van der Waals surface area contributed by atoms with Crippen LogP contribution in [-0.2, 0) is 0 Å². The minimum Gasteiger partial charge on any atom is -0.478 e. The zero-order valence-corrected chi connectivity index (χ0v) is 13.0. The van der Waals surface area contributed by atoms with E-state index in [1.54, 1.807) is 0 Å². The lowest BCUT2D eigenvalue weighted by Gasteiger charge is -2.10. The molecule has 0 aliphatic carbocycles. The molecule has 116 valence electrons. The van der Waals surface area contributed by atoms with E-state index < -0.39 is 12.0 Å². The number of carbonyl (C=O) groups excluding carboxylic acids is 1. The predicted molar refractivity (Wildman–Crippen MR) is 84.1 cm³/mol. The summed E-state index contributed by atoms with van der Waals surface area (Å²) in [6.07, 6.45) is 3.08. The first-order valence-electron chi connectivity index (χ1n) is 6.98. The number of carbonyl (C=O) groups is 2. The van der Waals surface area contributed by atoms with E-state index in [1.165, 1.54) is 18.2 Å². The highest BCUT2D eigenvalue weighted by Crippen LogP contribution is 2.20. The van der Waals surface area contributed by atoms with Crippen LogP contribution in [0.4, 0.5) is 10.5 Å². The molecule has 6 heteroatoms. The number of benzene rings is 1. The lowest BCUT2D eigenvalue weighted by Crippen LogP contribution is -2.30. The molecule has 5 nitrogen and oxygen atoms in total. The Morgan fingerprint density at radius 3 is 2.62 bits per heavy atom. The fourth-order valence-electron chi connectivity index (χ4n) is 1.85. The minimum absolute atomic E-state index is 0.0301. The summed E-state index contributed by atoms with van der Waals surface area (Å²) in [6, 6.07) is 3.91. The zero-order chi connectivity index (χ0) is 15.8. The molecule has 2 amide bonds. The fraction of sp³-hybridized carbons (Fsp3) is 0.467. The highest BCUT2D eigenvalue weighted by molar-refractivity contribution is 6.31. The molecule has 3 N–H and O–H groups in total. The van der Waals surface area contributed by atoms with Gasteiger partial charge in [0.15, 0.2) is 0 Å². The lowest BCUT2D eigenvalue weighted by molar-refractivity contribution is 0.0698. The van der Waals surface area contributed by atoms with Crippen LogP contribution in [0, 0.1) is 5.92 Å². The van der Waals surface area contributed by atoms with E-state index in [0.29, 0.717) is 17.5 Å². The Morgan fingerprint density at radius 2 is 2.00 bits per heavy atom. The zero-order valence-electron chi connectivity index (χ0n) is 12.3. The van der Waals surface area contributed by atoms with Gasteiger partial charge < -0.3 is 15.7 Å². The maximum Gasteiger partial charge on any atom is 0.337 e. The fourth-order valence-corrected chi connectivity index (χ4v) is 2.02. The number of rotatable bonds is 7. The van der Waals surface area contributed by atoms with Gasteiger partial charge in [-0.25, -0.2) is 9.59 Å². The van der Waals surface area contributed by atoms with Gasteiger partial charge >= 0.3 is 12.0 Å². The van der Waals surface area contributed by atoms with Gasteiger partial charge in [-0.1, -0.05) is 38.3 Å². The smallest absolute Gasteiger partial charge is 0.337 e. The highest BCUT2D eigenvalue weighted by Gasteiger charge is 2.12. The van der Waals surface area contributed by atoms with Crippen molar-refractivity contribution >= 4 is 29.3 Å². The number of carboxylic acid groups (broad SMARTS) is 1. The Morgan fingerprint density at radius 1 is 1.29 bits per heavy atom. The first-order valence-corrected chi connectivity index (χ1v) is 7.35. The number of hydrogen-bond donors (Lipinski definition) is 3. The van der Waals surface area contributed by atoms with Crippen LogP contribution in [0.15, 0.2) is 18.2 Å². The van der Waals surface area contributed by atoms with Crippen molar-refractivity contribution in [1.29, 1.82) is 0 Å². The van der Waals surface area contributed by atoms with Crippen molar-refractivity contribution in [2.75, 3.05) is 11.9 Å². The van der Waals surface area contributed by atoms with Crippen LogP contribution in [-0.4, -0.2) is 23.7 Å². The lowest BCUT2D eigenvalue weighted by atomic mass is 10.1. The van der Waals surface area contributed by atoms with Gasteiger partial charge in [-0.2, -0.15) is 0 Å². The van der Waals surface area contributed by atoms with Crippen LogP contribution in [0.25, 0.3) is 0 Å². The van der Waals surface area contributed by atoms with Crippen molar-refractivity contribution < 1.29 is 14.7 Å². The average Bonchev–Trinajstić information content (AvgIpc) is 2.39. The topological polar surface area (TPSA) is 78.4 Å².